The Morgan fingerprint density at radius 3 is 1.27 bits per heavy atom. The first-order valence-electron chi connectivity index (χ1n) is 9.63. The van der Waals surface area contributed by atoms with Crippen molar-refractivity contribution in [2.75, 3.05) is 13.2 Å². The van der Waals surface area contributed by atoms with Gasteiger partial charge in [-0.2, -0.15) is 0 Å². The molecule has 0 aromatic heterocycles. The van der Waals surface area contributed by atoms with E-state index in [1.807, 2.05) is 0 Å². The molecule has 2 aromatic rings. The summed E-state index contributed by atoms with van der Waals surface area (Å²) in [4.78, 5) is 21.6. The Bertz CT molecular complexity index is 731. The molecule has 2 unspecified atom stereocenters. The topological polar surface area (TPSA) is 134 Å². The van der Waals surface area contributed by atoms with Crippen LogP contribution in [0.3, 0.4) is 0 Å². The second-order valence-electron chi connectivity index (χ2n) is 6.82. The van der Waals surface area contributed by atoms with E-state index in [9.17, 15) is 19.8 Å². The molecule has 8 nitrogen and oxygen atoms in total. The Kier molecular flexibility index (Phi) is 9.11. The van der Waals surface area contributed by atoms with Crippen LogP contribution in [0.25, 0.3) is 0 Å². The molecule has 0 fully saturated rings. The van der Waals surface area contributed by atoms with Crippen molar-refractivity contribution in [2.45, 2.75) is 37.9 Å². The Hall–Kier alpha value is -3.10. The lowest BCUT2D eigenvalue weighted by atomic mass is 10.1. The van der Waals surface area contributed by atoms with Gasteiger partial charge in [0.1, 0.15) is 11.5 Å². The van der Waals surface area contributed by atoms with Crippen LogP contribution >= 0.6 is 0 Å². The first-order chi connectivity index (χ1) is 14.3. The zero-order valence-corrected chi connectivity index (χ0v) is 16.4. The highest BCUT2D eigenvalue weighted by Gasteiger charge is 2.11. The van der Waals surface area contributed by atoms with Gasteiger partial charge in [0.2, 0.25) is 0 Å². The largest absolute Gasteiger partial charge is 0.493 e. The molecule has 8 heteroatoms. The molecule has 2 atom stereocenters. The molecule has 0 saturated carbocycles. The van der Waals surface area contributed by atoms with Gasteiger partial charge in [0.25, 0.3) is 0 Å². The van der Waals surface area contributed by atoms with Gasteiger partial charge in [-0.15, -0.1) is 0 Å². The van der Waals surface area contributed by atoms with Gasteiger partial charge >= 0.3 is 11.9 Å². The molecule has 0 radical (unpaired) electrons. The van der Waals surface area contributed by atoms with E-state index < -0.39 is 24.1 Å². The standard InChI is InChI=1S/C22H26O8/c23-17(11-13-29-19-7-1-15(2-8-19)21(25)26)5-6-18(24)12-14-30-20-9-3-16(4-10-20)22(27)28/h1-4,7-10,17-18,23-24H,5-6,11-14H2,(H,25,26)(H,27,28). The number of carbonyl (C=O) groups is 2. The lowest BCUT2D eigenvalue weighted by molar-refractivity contribution is 0.0686. The molecule has 0 saturated heterocycles. The number of aromatic carboxylic acids is 2. The number of carboxylic acids is 2. The Labute approximate surface area is 174 Å². The van der Waals surface area contributed by atoms with Crippen LogP contribution in [0.15, 0.2) is 48.5 Å². The third-order valence-corrected chi connectivity index (χ3v) is 4.48. The summed E-state index contributed by atoms with van der Waals surface area (Å²) in [6.45, 7) is 0.554. The normalized spacial score (nSPS) is 12.7. The highest BCUT2D eigenvalue weighted by molar-refractivity contribution is 5.88. The molecule has 0 aliphatic heterocycles. The molecule has 0 spiro atoms. The quantitative estimate of drug-likeness (QED) is 0.390. The maximum atomic E-state index is 10.8. The Balaban J connectivity index is 1.58. The van der Waals surface area contributed by atoms with Gasteiger partial charge < -0.3 is 29.9 Å². The maximum absolute atomic E-state index is 10.8. The molecule has 4 N–H and O–H groups in total. The summed E-state index contributed by atoms with van der Waals surface area (Å²) in [6, 6.07) is 12.1. The summed E-state index contributed by atoms with van der Waals surface area (Å²) in [5.41, 5.74) is 0.357. The van der Waals surface area contributed by atoms with Crippen LogP contribution in [-0.4, -0.2) is 57.8 Å². The van der Waals surface area contributed by atoms with Crippen molar-refractivity contribution in [3.05, 3.63) is 59.7 Å². The van der Waals surface area contributed by atoms with Crippen LogP contribution in [0.5, 0.6) is 11.5 Å². The zero-order valence-electron chi connectivity index (χ0n) is 16.4. The summed E-state index contributed by atoms with van der Waals surface area (Å²) >= 11 is 0. The van der Waals surface area contributed by atoms with Gasteiger partial charge in [0, 0.05) is 12.8 Å². The van der Waals surface area contributed by atoms with Crippen LogP contribution in [0.2, 0.25) is 0 Å². The fourth-order valence-corrected chi connectivity index (χ4v) is 2.69. The number of aliphatic hydroxyl groups is 2. The molecule has 0 bridgehead atoms. The highest BCUT2D eigenvalue weighted by atomic mass is 16.5. The number of hydrogen-bond acceptors (Lipinski definition) is 6. The number of benzene rings is 2. The average Bonchev–Trinajstić information content (AvgIpc) is 2.73. The molecule has 30 heavy (non-hydrogen) atoms. The first kappa shape index (κ1) is 23.2. The van der Waals surface area contributed by atoms with E-state index >= 15 is 0 Å². The highest BCUT2D eigenvalue weighted by Crippen LogP contribution is 2.15. The van der Waals surface area contributed by atoms with Crippen molar-refractivity contribution in [1.82, 2.24) is 0 Å². The van der Waals surface area contributed by atoms with E-state index in [1.54, 1.807) is 24.3 Å². The van der Waals surface area contributed by atoms with Crippen molar-refractivity contribution in [2.24, 2.45) is 0 Å². The summed E-state index contributed by atoms with van der Waals surface area (Å²) < 4.78 is 11.0. The van der Waals surface area contributed by atoms with E-state index in [2.05, 4.69) is 0 Å². The molecule has 2 rings (SSSR count). The molecule has 2 aromatic carbocycles. The minimum Gasteiger partial charge on any atom is -0.493 e. The number of carboxylic acid groups (broad SMARTS) is 2. The summed E-state index contributed by atoms with van der Waals surface area (Å²) in [5, 5.41) is 37.7. The zero-order chi connectivity index (χ0) is 21.9. The SMILES string of the molecule is O=C(O)c1ccc(OCCC(O)CCC(O)CCOc2ccc(C(=O)O)cc2)cc1. The van der Waals surface area contributed by atoms with Crippen LogP contribution in [0.1, 0.15) is 46.4 Å². The van der Waals surface area contributed by atoms with Crippen molar-refractivity contribution in [3.63, 3.8) is 0 Å². The summed E-state index contributed by atoms with van der Waals surface area (Å²) in [5.74, 6) is -0.949. The third-order valence-electron chi connectivity index (χ3n) is 4.48. The Morgan fingerprint density at radius 2 is 0.967 bits per heavy atom. The molecule has 162 valence electrons. The van der Waals surface area contributed by atoms with E-state index in [4.69, 9.17) is 19.7 Å². The lowest BCUT2D eigenvalue weighted by Gasteiger charge is -2.15. The molecular formula is C22H26O8. The van der Waals surface area contributed by atoms with E-state index in [1.165, 1.54) is 24.3 Å². The number of ether oxygens (including phenoxy) is 2. The second-order valence-corrected chi connectivity index (χ2v) is 6.82. The monoisotopic (exact) mass is 418 g/mol. The van der Waals surface area contributed by atoms with Gasteiger partial charge in [0.15, 0.2) is 0 Å². The molecule has 0 aliphatic rings. The van der Waals surface area contributed by atoms with Crippen molar-refractivity contribution >= 4 is 11.9 Å². The van der Waals surface area contributed by atoms with Crippen LogP contribution in [0.4, 0.5) is 0 Å². The van der Waals surface area contributed by atoms with E-state index in [-0.39, 0.29) is 24.3 Å². The minimum atomic E-state index is -1.00. The average molecular weight is 418 g/mol. The summed E-state index contributed by atoms with van der Waals surface area (Å²) in [7, 11) is 0. The minimum absolute atomic E-state index is 0.178. The maximum Gasteiger partial charge on any atom is 0.335 e. The second kappa shape index (κ2) is 11.8. The predicted molar refractivity (Wildman–Crippen MR) is 108 cm³/mol. The van der Waals surface area contributed by atoms with Gasteiger partial charge in [-0.1, -0.05) is 0 Å². The Morgan fingerprint density at radius 1 is 0.633 bits per heavy atom. The summed E-state index contributed by atoms with van der Waals surface area (Å²) in [6.07, 6.45) is 0.357. The lowest BCUT2D eigenvalue weighted by Crippen LogP contribution is -2.17. The van der Waals surface area contributed by atoms with Crippen molar-refractivity contribution in [1.29, 1.82) is 0 Å². The predicted octanol–water partition coefficient (Wildman–Crippen LogP) is 2.82. The first-order valence-corrected chi connectivity index (χ1v) is 9.63. The smallest absolute Gasteiger partial charge is 0.335 e. The van der Waals surface area contributed by atoms with Gasteiger partial charge in [0.05, 0.1) is 36.5 Å². The van der Waals surface area contributed by atoms with Crippen LogP contribution in [-0.2, 0) is 0 Å². The fourth-order valence-electron chi connectivity index (χ4n) is 2.69. The third kappa shape index (κ3) is 8.10. The van der Waals surface area contributed by atoms with Crippen molar-refractivity contribution < 1.29 is 39.5 Å². The van der Waals surface area contributed by atoms with Gasteiger partial charge in [-0.25, -0.2) is 9.59 Å². The number of hydrogen-bond donors (Lipinski definition) is 4. The van der Waals surface area contributed by atoms with Crippen LogP contribution in [0, 0.1) is 0 Å². The van der Waals surface area contributed by atoms with Gasteiger partial charge in [-0.05, 0) is 61.4 Å². The van der Waals surface area contributed by atoms with Crippen molar-refractivity contribution in [3.8, 4) is 11.5 Å². The molecule has 0 aliphatic carbocycles. The molecule has 0 amide bonds. The number of aliphatic hydroxyl groups excluding tert-OH is 2. The van der Waals surface area contributed by atoms with Gasteiger partial charge in [-0.3, -0.25) is 0 Å². The van der Waals surface area contributed by atoms with E-state index in [0.717, 1.165) is 0 Å². The number of rotatable bonds is 13. The molecule has 0 heterocycles. The molecular weight excluding hydrogens is 392 g/mol. The fraction of sp³-hybridized carbons (Fsp3) is 0.364. The van der Waals surface area contributed by atoms with Crippen LogP contribution < -0.4 is 9.47 Å². The van der Waals surface area contributed by atoms with E-state index in [0.29, 0.717) is 37.2 Å².